The molecule has 19 heavy (non-hydrogen) atoms. The van der Waals surface area contributed by atoms with E-state index in [0.29, 0.717) is 32.2 Å². The monoisotopic (exact) mass is 294 g/mol. The molecule has 0 aromatic carbocycles. The average Bonchev–Trinajstić information content (AvgIpc) is 2.37. The Kier molecular flexibility index (Phi) is 7.23. The van der Waals surface area contributed by atoms with Crippen molar-refractivity contribution >= 4 is 10.2 Å². The molecule has 1 fully saturated rings. The molecule has 0 spiro atoms. The Bertz CT molecular complexity index is 334. The predicted octanol–water partition coefficient (Wildman–Crippen LogP) is 0.952. The molecule has 0 amide bonds. The van der Waals surface area contributed by atoms with Crippen molar-refractivity contribution < 1.29 is 17.9 Å². The highest BCUT2D eigenvalue weighted by Gasteiger charge is 2.26. The van der Waals surface area contributed by atoms with E-state index in [0.717, 1.165) is 12.8 Å². The molecule has 0 aliphatic carbocycles. The van der Waals surface area contributed by atoms with Gasteiger partial charge in [0, 0.05) is 26.3 Å². The molecule has 1 saturated heterocycles. The summed E-state index contributed by atoms with van der Waals surface area (Å²) in [6.07, 6.45) is 1.32. The molecule has 1 aliphatic rings. The summed E-state index contributed by atoms with van der Waals surface area (Å²) in [5.74, 6) is 0.603. The average molecular weight is 294 g/mol. The Morgan fingerprint density at radius 1 is 1.21 bits per heavy atom. The smallest absolute Gasteiger partial charge is 0.279 e. The van der Waals surface area contributed by atoms with Gasteiger partial charge >= 0.3 is 0 Å². The molecule has 0 aromatic rings. The van der Waals surface area contributed by atoms with Crippen molar-refractivity contribution in [3.63, 3.8) is 0 Å². The highest BCUT2D eigenvalue weighted by Crippen LogP contribution is 2.17. The first-order valence-corrected chi connectivity index (χ1v) is 8.41. The van der Waals surface area contributed by atoms with Crippen molar-refractivity contribution in [1.82, 2.24) is 9.03 Å². The fourth-order valence-corrected chi connectivity index (χ4v) is 3.25. The van der Waals surface area contributed by atoms with E-state index in [9.17, 15) is 8.42 Å². The third-order valence-electron chi connectivity index (χ3n) is 3.22. The van der Waals surface area contributed by atoms with Gasteiger partial charge in [0.1, 0.15) is 0 Å². The third-order valence-corrected chi connectivity index (χ3v) is 4.80. The maximum absolute atomic E-state index is 12.1. The first kappa shape index (κ1) is 16.8. The molecule has 0 aromatic heterocycles. The minimum absolute atomic E-state index is 0.149. The van der Waals surface area contributed by atoms with Crippen molar-refractivity contribution in [2.24, 2.45) is 5.92 Å². The Labute approximate surface area is 116 Å². The van der Waals surface area contributed by atoms with Crippen molar-refractivity contribution in [2.45, 2.75) is 39.9 Å². The Hall–Kier alpha value is -0.210. The van der Waals surface area contributed by atoms with Crippen LogP contribution in [-0.4, -0.2) is 51.9 Å². The molecule has 1 aliphatic heterocycles. The van der Waals surface area contributed by atoms with E-state index in [1.807, 2.05) is 13.8 Å². The van der Waals surface area contributed by atoms with Crippen molar-refractivity contribution in [3.05, 3.63) is 0 Å². The minimum atomic E-state index is -3.42. The van der Waals surface area contributed by atoms with Gasteiger partial charge in [0.25, 0.3) is 10.2 Å². The zero-order valence-electron chi connectivity index (χ0n) is 12.1. The lowest BCUT2D eigenvalue weighted by Crippen LogP contribution is -2.47. The Balaban J connectivity index is 2.44. The summed E-state index contributed by atoms with van der Waals surface area (Å²) in [4.78, 5) is 0. The second-order valence-corrected chi connectivity index (χ2v) is 6.53. The summed E-state index contributed by atoms with van der Waals surface area (Å²) >= 11 is 0. The summed E-state index contributed by atoms with van der Waals surface area (Å²) < 4.78 is 38.9. The van der Waals surface area contributed by atoms with E-state index in [-0.39, 0.29) is 6.54 Å². The molecule has 114 valence electrons. The molecule has 7 heteroatoms. The lowest BCUT2D eigenvalue weighted by molar-refractivity contribution is -0.130. The maximum atomic E-state index is 12.1. The van der Waals surface area contributed by atoms with E-state index in [1.54, 1.807) is 0 Å². The van der Waals surface area contributed by atoms with Gasteiger partial charge in [0.05, 0.1) is 6.54 Å². The fourth-order valence-electron chi connectivity index (χ4n) is 2.03. The summed E-state index contributed by atoms with van der Waals surface area (Å²) in [5, 5.41) is 0. The topological polar surface area (TPSA) is 67.9 Å². The van der Waals surface area contributed by atoms with Gasteiger partial charge in [-0.05, 0) is 32.6 Å². The molecule has 1 heterocycles. The second kappa shape index (κ2) is 8.16. The number of hydrogen-bond acceptors (Lipinski definition) is 4. The largest absolute Gasteiger partial charge is 0.352 e. The molecular weight excluding hydrogens is 268 g/mol. The van der Waals surface area contributed by atoms with Crippen LogP contribution in [0.15, 0.2) is 0 Å². The molecule has 0 atom stereocenters. The summed E-state index contributed by atoms with van der Waals surface area (Å²) in [6, 6.07) is 0. The van der Waals surface area contributed by atoms with Gasteiger partial charge in [-0.15, -0.1) is 0 Å². The van der Waals surface area contributed by atoms with Crippen molar-refractivity contribution in [1.29, 1.82) is 0 Å². The van der Waals surface area contributed by atoms with E-state index in [2.05, 4.69) is 11.6 Å². The maximum Gasteiger partial charge on any atom is 0.279 e. The molecule has 0 radical (unpaired) electrons. The number of nitrogens with one attached hydrogen (secondary N) is 1. The molecule has 6 nitrogen and oxygen atoms in total. The number of ether oxygens (including phenoxy) is 2. The summed E-state index contributed by atoms with van der Waals surface area (Å²) in [5.41, 5.74) is 0. The quantitative estimate of drug-likeness (QED) is 0.677. The molecular formula is C12H26N2O4S. The zero-order chi connectivity index (χ0) is 14.3. The summed E-state index contributed by atoms with van der Waals surface area (Å²) in [7, 11) is -3.42. The standard InChI is InChI=1S/C12H26N2O4S/c1-4-17-12(18-5-2)10-13-19(15,16)14-8-6-11(3)7-9-14/h11-13H,4-10H2,1-3H3. The lowest BCUT2D eigenvalue weighted by Gasteiger charge is -2.30. The van der Waals surface area contributed by atoms with Gasteiger partial charge < -0.3 is 9.47 Å². The van der Waals surface area contributed by atoms with Crippen LogP contribution in [0, 0.1) is 5.92 Å². The van der Waals surface area contributed by atoms with Gasteiger partial charge in [0.2, 0.25) is 0 Å². The van der Waals surface area contributed by atoms with E-state index in [1.165, 1.54) is 4.31 Å². The van der Waals surface area contributed by atoms with Crippen LogP contribution in [0.3, 0.4) is 0 Å². The predicted molar refractivity (Wildman–Crippen MR) is 73.9 cm³/mol. The number of piperidine rings is 1. The number of nitrogens with zero attached hydrogens (tertiary/aromatic N) is 1. The molecule has 0 saturated carbocycles. The van der Waals surface area contributed by atoms with Gasteiger partial charge in [0.15, 0.2) is 6.29 Å². The normalized spacial score (nSPS) is 19.2. The van der Waals surface area contributed by atoms with Crippen LogP contribution in [0.25, 0.3) is 0 Å². The molecule has 1 rings (SSSR count). The first-order valence-electron chi connectivity index (χ1n) is 6.97. The Morgan fingerprint density at radius 2 is 1.74 bits per heavy atom. The van der Waals surface area contributed by atoms with Crippen molar-refractivity contribution in [2.75, 3.05) is 32.8 Å². The van der Waals surface area contributed by atoms with E-state index >= 15 is 0 Å². The third kappa shape index (κ3) is 5.74. The lowest BCUT2D eigenvalue weighted by atomic mass is 10.0. The van der Waals surface area contributed by atoms with Crippen LogP contribution >= 0.6 is 0 Å². The molecule has 1 N–H and O–H groups in total. The van der Waals surface area contributed by atoms with Crippen LogP contribution in [0.2, 0.25) is 0 Å². The van der Waals surface area contributed by atoms with Crippen LogP contribution in [0.1, 0.15) is 33.6 Å². The van der Waals surface area contributed by atoms with Crippen LogP contribution in [0.5, 0.6) is 0 Å². The minimum Gasteiger partial charge on any atom is -0.352 e. The van der Waals surface area contributed by atoms with Crippen LogP contribution in [-0.2, 0) is 19.7 Å². The second-order valence-electron chi connectivity index (χ2n) is 4.78. The number of rotatable bonds is 8. The van der Waals surface area contributed by atoms with Crippen molar-refractivity contribution in [3.8, 4) is 0 Å². The van der Waals surface area contributed by atoms with Gasteiger partial charge in [-0.2, -0.15) is 17.4 Å². The highest BCUT2D eigenvalue weighted by molar-refractivity contribution is 7.87. The first-order chi connectivity index (χ1) is 8.99. The van der Waals surface area contributed by atoms with Crippen LogP contribution in [0.4, 0.5) is 0 Å². The molecule has 0 unspecified atom stereocenters. The van der Waals surface area contributed by atoms with Gasteiger partial charge in [-0.3, -0.25) is 0 Å². The highest BCUT2D eigenvalue weighted by atomic mass is 32.2. The number of hydrogen-bond donors (Lipinski definition) is 1. The van der Waals surface area contributed by atoms with Crippen LogP contribution < -0.4 is 4.72 Å². The molecule has 0 bridgehead atoms. The fraction of sp³-hybridized carbons (Fsp3) is 1.00. The SMILES string of the molecule is CCOC(CNS(=O)(=O)N1CCC(C)CC1)OCC. The van der Waals surface area contributed by atoms with E-state index in [4.69, 9.17) is 9.47 Å². The zero-order valence-corrected chi connectivity index (χ0v) is 12.9. The van der Waals surface area contributed by atoms with Gasteiger partial charge in [-0.25, -0.2) is 0 Å². The summed E-state index contributed by atoms with van der Waals surface area (Å²) in [6.45, 7) is 8.17. The van der Waals surface area contributed by atoms with Gasteiger partial charge in [-0.1, -0.05) is 6.92 Å². The Morgan fingerprint density at radius 3 is 2.21 bits per heavy atom. The van der Waals surface area contributed by atoms with E-state index < -0.39 is 16.5 Å².